The van der Waals surface area contributed by atoms with Gasteiger partial charge in [0.15, 0.2) is 5.82 Å². The molecule has 1 aromatic carbocycles. The van der Waals surface area contributed by atoms with Gasteiger partial charge in [0, 0.05) is 23.2 Å². The average molecular weight is 408 g/mol. The number of benzene rings is 1. The quantitative estimate of drug-likeness (QED) is 0.731. The van der Waals surface area contributed by atoms with Gasteiger partial charge in [-0.05, 0) is 87.0 Å². The molecule has 2 bridgehead atoms. The number of fused-ring (bicyclic) bond motifs is 4. The van der Waals surface area contributed by atoms with Gasteiger partial charge < -0.3 is 14.6 Å². The van der Waals surface area contributed by atoms with Crippen molar-refractivity contribution in [3.8, 4) is 0 Å². The van der Waals surface area contributed by atoms with Gasteiger partial charge in [-0.2, -0.15) is 4.98 Å². The van der Waals surface area contributed by atoms with Crippen LogP contribution in [0.4, 0.5) is 5.69 Å². The Kier molecular flexibility index (Phi) is 4.68. The molecule has 3 saturated carbocycles. The lowest BCUT2D eigenvalue weighted by molar-refractivity contribution is -0.136. The molecule has 3 fully saturated rings. The molecule has 4 aliphatic rings. The third kappa shape index (κ3) is 3.22. The zero-order chi connectivity index (χ0) is 20.8. The van der Waals surface area contributed by atoms with Crippen molar-refractivity contribution < 1.29 is 14.1 Å². The van der Waals surface area contributed by atoms with E-state index in [4.69, 9.17) is 9.26 Å². The van der Waals surface area contributed by atoms with E-state index in [1.54, 1.807) is 0 Å². The van der Waals surface area contributed by atoms with Gasteiger partial charge in [-0.3, -0.25) is 0 Å². The van der Waals surface area contributed by atoms with Crippen LogP contribution in [0, 0.1) is 12.3 Å². The molecule has 0 radical (unpaired) electrons. The minimum Gasteiger partial charge on any atom is -0.466 e. The smallest absolute Gasteiger partial charge is 0.333 e. The van der Waals surface area contributed by atoms with Gasteiger partial charge in [0.2, 0.25) is 5.89 Å². The summed E-state index contributed by atoms with van der Waals surface area (Å²) in [6, 6.07) is 6.33. The predicted octanol–water partition coefficient (Wildman–Crippen LogP) is 4.58. The highest BCUT2D eigenvalue weighted by Gasteiger charge is 2.51. The van der Waals surface area contributed by atoms with Crippen molar-refractivity contribution in [3.05, 3.63) is 46.6 Å². The number of rotatable bonds is 5. The fraction of sp³-hybridized carbons (Fsp3) is 0.542. The molecule has 4 aliphatic carbocycles. The number of hydrogen-bond acceptors (Lipinski definition) is 6. The Bertz CT molecular complexity index is 982. The van der Waals surface area contributed by atoms with E-state index in [1.165, 1.54) is 37.6 Å². The molecular weight excluding hydrogens is 378 g/mol. The van der Waals surface area contributed by atoms with Crippen molar-refractivity contribution in [3.63, 3.8) is 0 Å². The molecule has 1 aromatic heterocycles. The Morgan fingerprint density at radius 3 is 2.60 bits per heavy atom. The number of nitrogens with one attached hydrogen (secondary N) is 1. The molecule has 2 aromatic rings. The summed E-state index contributed by atoms with van der Waals surface area (Å²) in [6.45, 7) is 2.89. The third-order valence-electron chi connectivity index (χ3n) is 7.67. The minimum absolute atomic E-state index is 0.101. The Labute approximate surface area is 177 Å². The van der Waals surface area contributed by atoms with Crippen molar-refractivity contribution in [1.82, 2.24) is 10.1 Å². The number of carbonyl (C=O) groups excluding carboxylic acids is 1. The first-order valence-electron chi connectivity index (χ1n) is 11.0. The molecule has 158 valence electrons. The molecule has 0 unspecified atom stereocenters. The monoisotopic (exact) mass is 407 g/mol. The van der Waals surface area contributed by atoms with Crippen molar-refractivity contribution in [1.29, 1.82) is 0 Å². The topological polar surface area (TPSA) is 77.2 Å². The Morgan fingerprint density at radius 1 is 1.17 bits per heavy atom. The van der Waals surface area contributed by atoms with Gasteiger partial charge in [-0.15, -0.1) is 0 Å². The summed E-state index contributed by atoms with van der Waals surface area (Å²) in [6.07, 6.45) is 10.6. The summed E-state index contributed by atoms with van der Waals surface area (Å²) in [5.41, 5.74) is 4.85. The maximum absolute atomic E-state index is 11.9. The maximum atomic E-state index is 11.9. The van der Waals surface area contributed by atoms with Crippen LogP contribution >= 0.6 is 0 Å². The average Bonchev–Trinajstić information content (AvgIpc) is 3.25. The van der Waals surface area contributed by atoms with Crippen LogP contribution in [0.3, 0.4) is 0 Å². The second kappa shape index (κ2) is 7.25. The van der Waals surface area contributed by atoms with E-state index in [1.807, 2.05) is 13.0 Å². The summed E-state index contributed by atoms with van der Waals surface area (Å²) in [5.74, 6) is 1.37. The number of carbonyl (C=O) groups is 1. The molecule has 6 rings (SSSR count). The third-order valence-corrected chi connectivity index (χ3v) is 7.67. The highest BCUT2D eigenvalue weighted by atomic mass is 16.5. The summed E-state index contributed by atoms with van der Waals surface area (Å²) >= 11 is 0. The number of hydrogen-bond donors (Lipinski definition) is 1. The van der Waals surface area contributed by atoms with Crippen LogP contribution in [0.1, 0.15) is 67.8 Å². The molecule has 0 spiro atoms. The van der Waals surface area contributed by atoms with E-state index in [2.05, 4.69) is 33.7 Å². The van der Waals surface area contributed by atoms with Crippen molar-refractivity contribution in [2.24, 2.45) is 5.41 Å². The number of aromatic nitrogens is 2. The SMILES string of the molecule is COC(=O)C1=Cc2cccc(NCC34CCC(c5nc(C)no5)(CC3)CC4)c2CC1. The lowest BCUT2D eigenvalue weighted by Gasteiger charge is -2.52. The lowest BCUT2D eigenvalue weighted by Crippen LogP contribution is -2.47. The van der Waals surface area contributed by atoms with Crippen LogP contribution in [0.25, 0.3) is 6.08 Å². The first-order valence-corrected chi connectivity index (χ1v) is 11.0. The number of ether oxygens (including phenoxy) is 1. The number of anilines is 1. The van der Waals surface area contributed by atoms with Crippen LogP contribution < -0.4 is 5.32 Å². The Hall–Kier alpha value is -2.63. The van der Waals surface area contributed by atoms with Crippen LogP contribution in [-0.2, 0) is 21.4 Å². The van der Waals surface area contributed by atoms with Crippen LogP contribution in [0.5, 0.6) is 0 Å². The molecule has 0 aliphatic heterocycles. The zero-order valence-electron chi connectivity index (χ0n) is 17.8. The highest BCUT2D eigenvalue weighted by Crippen LogP contribution is 2.57. The fourth-order valence-corrected chi connectivity index (χ4v) is 5.64. The number of aryl methyl sites for hydroxylation is 1. The Morgan fingerprint density at radius 2 is 1.93 bits per heavy atom. The normalized spacial score (nSPS) is 27.3. The molecule has 6 nitrogen and oxygen atoms in total. The van der Waals surface area contributed by atoms with Gasteiger partial charge in [0.25, 0.3) is 0 Å². The molecule has 0 amide bonds. The van der Waals surface area contributed by atoms with Gasteiger partial charge in [-0.1, -0.05) is 17.3 Å². The van der Waals surface area contributed by atoms with E-state index >= 15 is 0 Å². The van der Waals surface area contributed by atoms with Crippen molar-refractivity contribution in [2.75, 3.05) is 19.0 Å². The van der Waals surface area contributed by atoms with Crippen LogP contribution in [0.2, 0.25) is 0 Å². The van der Waals surface area contributed by atoms with Gasteiger partial charge >= 0.3 is 5.97 Å². The summed E-state index contributed by atoms with van der Waals surface area (Å²) in [4.78, 5) is 16.4. The van der Waals surface area contributed by atoms with Crippen molar-refractivity contribution >= 4 is 17.7 Å². The molecule has 1 heterocycles. The largest absolute Gasteiger partial charge is 0.466 e. The van der Waals surface area contributed by atoms with Crippen LogP contribution in [0.15, 0.2) is 28.3 Å². The molecular formula is C24H29N3O3. The van der Waals surface area contributed by atoms with Gasteiger partial charge in [0.1, 0.15) is 0 Å². The van der Waals surface area contributed by atoms with E-state index < -0.39 is 0 Å². The van der Waals surface area contributed by atoms with Crippen molar-refractivity contribution in [2.45, 2.75) is 63.7 Å². The second-order valence-corrected chi connectivity index (χ2v) is 9.32. The molecule has 30 heavy (non-hydrogen) atoms. The summed E-state index contributed by atoms with van der Waals surface area (Å²) in [7, 11) is 1.44. The second-order valence-electron chi connectivity index (χ2n) is 9.32. The van der Waals surface area contributed by atoms with Gasteiger partial charge in [0.05, 0.1) is 7.11 Å². The molecule has 0 atom stereocenters. The highest BCUT2D eigenvalue weighted by molar-refractivity contribution is 5.95. The maximum Gasteiger partial charge on any atom is 0.333 e. The van der Waals surface area contributed by atoms with Gasteiger partial charge in [-0.25, -0.2) is 4.79 Å². The lowest BCUT2D eigenvalue weighted by atomic mass is 9.53. The van der Waals surface area contributed by atoms with E-state index in [-0.39, 0.29) is 11.4 Å². The predicted molar refractivity (Wildman–Crippen MR) is 114 cm³/mol. The minimum atomic E-state index is -0.220. The zero-order valence-corrected chi connectivity index (χ0v) is 17.8. The first-order chi connectivity index (χ1) is 14.5. The first kappa shape index (κ1) is 19.3. The number of nitrogens with zero attached hydrogens (tertiary/aromatic N) is 2. The van der Waals surface area contributed by atoms with Crippen LogP contribution in [-0.4, -0.2) is 29.8 Å². The standard InChI is InChI=1S/C24H29N3O3/c1-16-26-22(30-27-16)24-11-8-23(9-12-24,10-13-24)15-25-20-5-3-4-17-14-18(21(28)29-2)6-7-19(17)20/h3-5,14,25H,6-13,15H2,1-2H3. The number of esters is 1. The summed E-state index contributed by atoms with van der Waals surface area (Å²) < 4.78 is 10.5. The Balaban J connectivity index is 1.28. The van der Waals surface area contributed by atoms with E-state index in [0.29, 0.717) is 5.41 Å². The number of methoxy groups -OCH3 is 1. The molecule has 6 heteroatoms. The molecule has 1 N–H and O–H groups in total. The van der Waals surface area contributed by atoms with E-state index in [9.17, 15) is 4.79 Å². The fourth-order valence-electron chi connectivity index (χ4n) is 5.64. The molecule has 0 saturated heterocycles. The van der Waals surface area contributed by atoms with E-state index in [0.717, 1.165) is 61.5 Å². The summed E-state index contributed by atoms with van der Waals surface area (Å²) in [5, 5.41) is 7.80.